The highest BCUT2D eigenvalue weighted by Crippen LogP contribution is 2.18. The number of aliphatic hydroxyl groups excluding tert-OH is 2. The molecule has 0 fully saturated rings. The lowest BCUT2D eigenvalue weighted by Crippen LogP contribution is -2.05. The van der Waals surface area contributed by atoms with E-state index in [0.29, 0.717) is 6.61 Å². The van der Waals surface area contributed by atoms with Crippen molar-refractivity contribution < 1.29 is 10.2 Å². The van der Waals surface area contributed by atoms with Gasteiger partial charge in [-0.25, -0.2) is 0 Å². The standard InChI is InChI=1S/C41H84O2/c1-2-3-4-5-6-7-8-20-23-26-29-32-35-38-41(43)39-36-33-30-27-24-21-18-16-14-12-10-9-11-13-15-17-19-22-25-28-31-34-37-40-42/h41-43H,2-40H2,1H3. The van der Waals surface area contributed by atoms with Crippen molar-refractivity contribution in [1.29, 1.82) is 0 Å². The predicted octanol–water partition coefficient (Wildman–Crippen LogP) is 14.2. The third-order valence-electron chi connectivity index (χ3n) is 9.84. The second kappa shape index (κ2) is 39.9. The molecular weight excluding hydrogens is 524 g/mol. The second-order valence-corrected chi connectivity index (χ2v) is 14.3. The Morgan fingerprint density at radius 1 is 0.279 bits per heavy atom. The molecule has 0 rings (SSSR count). The zero-order valence-electron chi connectivity index (χ0n) is 30.0. The van der Waals surface area contributed by atoms with E-state index in [1.807, 2.05) is 0 Å². The molecule has 43 heavy (non-hydrogen) atoms. The molecule has 0 amide bonds. The molecule has 0 aromatic rings. The molecule has 2 N–H and O–H groups in total. The Bertz CT molecular complexity index is 465. The zero-order chi connectivity index (χ0) is 31.2. The summed E-state index contributed by atoms with van der Waals surface area (Å²) < 4.78 is 0. The molecule has 0 aromatic carbocycles. The molecule has 0 radical (unpaired) electrons. The van der Waals surface area contributed by atoms with Crippen LogP contribution in [0.15, 0.2) is 0 Å². The lowest BCUT2D eigenvalue weighted by molar-refractivity contribution is 0.147. The largest absolute Gasteiger partial charge is 0.396 e. The Morgan fingerprint density at radius 3 is 0.674 bits per heavy atom. The normalized spacial score (nSPS) is 12.3. The highest BCUT2D eigenvalue weighted by molar-refractivity contribution is 4.58. The van der Waals surface area contributed by atoms with Gasteiger partial charge in [0, 0.05) is 6.61 Å². The summed E-state index contributed by atoms with van der Waals surface area (Å²) in [4.78, 5) is 0. The molecular formula is C41H84O2. The highest BCUT2D eigenvalue weighted by atomic mass is 16.3. The average Bonchev–Trinajstić information content (AvgIpc) is 3.01. The summed E-state index contributed by atoms with van der Waals surface area (Å²) in [6.45, 7) is 2.66. The number of rotatable bonds is 39. The summed E-state index contributed by atoms with van der Waals surface area (Å²) in [7, 11) is 0. The molecule has 1 unspecified atom stereocenters. The fourth-order valence-electron chi connectivity index (χ4n) is 6.75. The van der Waals surface area contributed by atoms with Crippen LogP contribution in [0.3, 0.4) is 0 Å². The lowest BCUT2D eigenvalue weighted by atomic mass is 10.0. The monoisotopic (exact) mass is 609 g/mol. The van der Waals surface area contributed by atoms with Gasteiger partial charge in [-0.2, -0.15) is 0 Å². The Hall–Kier alpha value is -0.0800. The molecule has 0 saturated carbocycles. The van der Waals surface area contributed by atoms with Crippen molar-refractivity contribution in [1.82, 2.24) is 0 Å². The molecule has 2 nitrogen and oxygen atoms in total. The maximum atomic E-state index is 10.3. The van der Waals surface area contributed by atoms with Gasteiger partial charge in [0.2, 0.25) is 0 Å². The van der Waals surface area contributed by atoms with Gasteiger partial charge in [-0.05, 0) is 19.3 Å². The minimum atomic E-state index is -0.0403. The van der Waals surface area contributed by atoms with E-state index in [2.05, 4.69) is 6.92 Å². The van der Waals surface area contributed by atoms with E-state index in [4.69, 9.17) is 5.11 Å². The fourth-order valence-corrected chi connectivity index (χ4v) is 6.75. The predicted molar refractivity (Wildman–Crippen MR) is 194 cm³/mol. The third kappa shape index (κ3) is 39.9. The van der Waals surface area contributed by atoms with E-state index in [1.165, 1.54) is 225 Å². The van der Waals surface area contributed by atoms with Gasteiger partial charge in [0.25, 0.3) is 0 Å². The van der Waals surface area contributed by atoms with E-state index in [-0.39, 0.29) is 6.10 Å². The van der Waals surface area contributed by atoms with Crippen molar-refractivity contribution >= 4 is 0 Å². The molecule has 0 aromatic heterocycles. The van der Waals surface area contributed by atoms with E-state index >= 15 is 0 Å². The molecule has 0 aliphatic heterocycles. The van der Waals surface area contributed by atoms with Crippen LogP contribution in [-0.4, -0.2) is 22.9 Å². The summed E-state index contributed by atoms with van der Waals surface area (Å²) in [5.41, 5.74) is 0. The first-order valence-corrected chi connectivity index (χ1v) is 20.6. The fraction of sp³-hybridized carbons (Fsp3) is 1.00. The number of unbranched alkanes of at least 4 members (excludes halogenated alkanes) is 34. The molecule has 0 saturated heterocycles. The smallest absolute Gasteiger partial charge is 0.0540 e. The van der Waals surface area contributed by atoms with Crippen LogP contribution in [0.1, 0.15) is 251 Å². The third-order valence-corrected chi connectivity index (χ3v) is 9.84. The van der Waals surface area contributed by atoms with Gasteiger partial charge in [0.1, 0.15) is 0 Å². The number of hydrogen-bond donors (Lipinski definition) is 2. The number of aliphatic hydroxyl groups is 2. The molecule has 0 spiro atoms. The van der Waals surface area contributed by atoms with Crippen molar-refractivity contribution in [3.05, 3.63) is 0 Å². The van der Waals surface area contributed by atoms with Gasteiger partial charge in [-0.15, -0.1) is 0 Å². The second-order valence-electron chi connectivity index (χ2n) is 14.3. The van der Waals surface area contributed by atoms with Gasteiger partial charge in [-0.3, -0.25) is 0 Å². The van der Waals surface area contributed by atoms with Crippen molar-refractivity contribution in [3.63, 3.8) is 0 Å². The molecule has 0 aliphatic carbocycles. The topological polar surface area (TPSA) is 40.5 Å². The van der Waals surface area contributed by atoms with Gasteiger partial charge in [0.05, 0.1) is 6.10 Å². The molecule has 0 heterocycles. The van der Waals surface area contributed by atoms with E-state index < -0.39 is 0 Å². The summed E-state index contributed by atoms with van der Waals surface area (Å²) in [6.07, 6.45) is 52.1. The van der Waals surface area contributed by atoms with Crippen LogP contribution in [0.2, 0.25) is 0 Å². The van der Waals surface area contributed by atoms with E-state index in [9.17, 15) is 5.11 Å². The van der Waals surface area contributed by atoms with E-state index in [0.717, 1.165) is 19.3 Å². The SMILES string of the molecule is CCCCCCCCCCCCCCCC(O)CCCCCCCCCCCCCCCCCCCCCCCCCO. The Balaban J connectivity index is 3.12. The summed E-state index contributed by atoms with van der Waals surface area (Å²) in [5, 5.41) is 19.1. The molecule has 260 valence electrons. The first-order valence-electron chi connectivity index (χ1n) is 20.6. The van der Waals surface area contributed by atoms with Crippen LogP contribution in [0.25, 0.3) is 0 Å². The van der Waals surface area contributed by atoms with Crippen LogP contribution in [-0.2, 0) is 0 Å². The van der Waals surface area contributed by atoms with Gasteiger partial charge in [0.15, 0.2) is 0 Å². The van der Waals surface area contributed by atoms with Crippen LogP contribution < -0.4 is 0 Å². The van der Waals surface area contributed by atoms with Crippen molar-refractivity contribution in [3.8, 4) is 0 Å². The average molecular weight is 609 g/mol. The van der Waals surface area contributed by atoms with Crippen LogP contribution in [0, 0.1) is 0 Å². The first kappa shape index (κ1) is 42.9. The van der Waals surface area contributed by atoms with Gasteiger partial charge in [-0.1, -0.05) is 232 Å². The molecule has 1 atom stereocenters. The maximum Gasteiger partial charge on any atom is 0.0540 e. The van der Waals surface area contributed by atoms with Crippen LogP contribution >= 0.6 is 0 Å². The van der Waals surface area contributed by atoms with E-state index in [1.54, 1.807) is 0 Å². The number of hydrogen-bond acceptors (Lipinski definition) is 2. The van der Waals surface area contributed by atoms with Crippen LogP contribution in [0.4, 0.5) is 0 Å². The lowest BCUT2D eigenvalue weighted by Gasteiger charge is -2.10. The minimum absolute atomic E-state index is 0.0403. The minimum Gasteiger partial charge on any atom is -0.396 e. The Kier molecular flexibility index (Phi) is 39.9. The van der Waals surface area contributed by atoms with Gasteiger partial charge < -0.3 is 10.2 Å². The molecule has 2 heteroatoms. The van der Waals surface area contributed by atoms with Crippen molar-refractivity contribution in [2.45, 2.75) is 257 Å². The summed E-state index contributed by atoms with van der Waals surface area (Å²) in [6, 6.07) is 0. The summed E-state index contributed by atoms with van der Waals surface area (Å²) in [5.74, 6) is 0. The summed E-state index contributed by atoms with van der Waals surface area (Å²) >= 11 is 0. The van der Waals surface area contributed by atoms with Crippen LogP contribution in [0.5, 0.6) is 0 Å². The van der Waals surface area contributed by atoms with Gasteiger partial charge >= 0.3 is 0 Å². The highest BCUT2D eigenvalue weighted by Gasteiger charge is 2.04. The van der Waals surface area contributed by atoms with Crippen molar-refractivity contribution in [2.24, 2.45) is 0 Å². The molecule has 0 aliphatic rings. The van der Waals surface area contributed by atoms with Crippen molar-refractivity contribution in [2.75, 3.05) is 6.61 Å². The Morgan fingerprint density at radius 2 is 0.465 bits per heavy atom. The molecule has 0 bridgehead atoms. The zero-order valence-corrected chi connectivity index (χ0v) is 30.0. The Labute approximate surface area is 273 Å². The maximum absolute atomic E-state index is 10.3. The quantitative estimate of drug-likeness (QED) is 0.0681. The first-order chi connectivity index (χ1) is 21.3.